The maximum absolute atomic E-state index is 14.3. The van der Waals surface area contributed by atoms with Crippen LogP contribution in [0.3, 0.4) is 0 Å². The van der Waals surface area contributed by atoms with Gasteiger partial charge in [0.1, 0.15) is 23.9 Å². The van der Waals surface area contributed by atoms with Crippen LogP contribution in [0.4, 0.5) is 0 Å². The zero-order valence-corrected chi connectivity index (χ0v) is 27.4. The average Bonchev–Trinajstić information content (AvgIpc) is 3.48. The van der Waals surface area contributed by atoms with E-state index in [9.17, 15) is 32.7 Å². The van der Waals surface area contributed by atoms with Gasteiger partial charge in [-0.15, -0.1) is 0 Å². The predicted molar refractivity (Wildman–Crippen MR) is 164 cm³/mol. The molecule has 1 aliphatic carbocycles. The number of fused-ring (bicyclic) bond motifs is 3. The number of rotatable bonds is 5. The Morgan fingerprint density at radius 1 is 0.978 bits per heavy atom. The highest BCUT2D eigenvalue weighted by molar-refractivity contribution is 7.89. The summed E-state index contributed by atoms with van der Waals surface area (Å²) in [6.45, 7) is 5.52. The van der Waals surface area contributed by atoms with Crippen LogP contribution in [0.1, 0.15) is 67.9 Å². The highest BCUT2D eigenvalue weighted by Gasteiger charge is 2.34. The summed E-state index contributed by atoms with van der Waals surface area (Å²) in [6.07, 6.45) is 1.57. The summed E-state index contributed by atoms with van der Waals surface area (Å²) in [6, 6.07) is 0.772. The van der Waals surface area contributed by atoms with Crippen LogP contribution in [0.25, 0.3) is 0 Å². The largest absolute Gasteiger partial charge is 0.496 e. The van der Waals surface area contributed by atoms with Crippen molar-refractivity contribution in [2.45, 2.75) is 89.0 Å². The number of ether oxygens (including phenoxy) is 1. The maximum Gasteiger partial charge on any atom is 0.274 e. The first-order valence-electron chi connectivity index (χ1n) is 15.3. The van der Waals surface area contributed by atoms with Crippen molar-refractivity contribution >= 4 is 33.7 Å². The molecule has 16 heteroatoms. The Morgan fingerprint density at radius 3 is 2.33 bits per heavy atom. The molecule has 0 radical (unpaired) electrons. The minimum Gasteiger partial charge on any atom is -0.496 e. The first-order chi connectivity index (χ1) is 21.7. The summed E-state index contributed by atoms with van der Waals surface area (Å²) in [4.78, 5) is 52.3. The van der Waals surface area contributed by atoms with Crippen LogP contribution >= 0.6 is 0 Å². The summed E-state index contributed by atoms with van der Waals surface area (Å²) in [5.41, 5.74) is 1.25. The van der Waals surface area contributed by atoms with E-state index in [4.69, 9.17) is 9.26 Å². The fourth-order valence-electron chi connectivity index (χ4n) is 5.54. The van der Waals surface area contributed by atoms with Gasteiger partial charge in [-0.25, -0.2) is 8.42 Å². The van der Waals surface area contributed by atoms with Gasteiger partial charge < -0.3 is 35.6 Å². The Morgan fingerprint density at radius 2 is 1.67 bits per heavy atom. The number of carbonyl (C=O) groups is 4. The molecule has 0 fully saturated rings. The molecule has 1 aromatic carbocycles. The van der Waals surface area contributed by atoms with Gasteiger partial charge in [0.2, 0.25) is 27.7 Å². The smallest absolute Gasteiger partial charge is 0.274 e. The number of amides is 4. The first-order valence-corrected chi connectivity index (χ1v) is 16.7. The lowest BCUT2D eigenvalue weighted by atomic mass is 9.91. The third kappa shape index (κ3) is 7.67. The summed E-state index contributed by atoms with van der Waals surface area (Å²) in [7, 11) is -2.65. The summed E-state index contributed by atoms with van der Waals surface area (Å²) >= 11 is 0. The molecule has 252 valence electrons. The van der Waals surface area contributed by atoms with E-state index in [2.05, 4.69) is 26.4 Å². The Bertz CT molecular complexity index is 1570. The molecule has 15 nitrogen and oxygen atoms in total. The van der Waals surface area contributed by atoms with Gasteiger partial charge in [-0.1, -0.05) is 19.0 Å². The number of sulfonamides is 1. The van der Waals surface area contributed by atoms with E-state index in [1.165, 1.54) is 33.1 Å². The van der Waals surface area contributed by atoms with Gasteiger partial charge >= 0.3 is 0 Å². The number of hydrogen-bond donors (Lipinski definition) is 5. The lowest BCUT2D eigenvalue weighted by molar-refractivity contribution is -0.133. The van der Waals surface area contributed by atoms with E-state index in [0.29, 0.717) is 24.2 Å². The quantitative estimate of drug-likeness (QED) is 0.290. The predicted octanol–water partition coefficient (Wildman–Crippen LogP) is 0.00740. The van der Waals surface area contributed by atoms with E-state index in [1.54, 1.807) is 19.9 Å². The number of aliphatic hydroxyl groups is 1. The van der Waals surface area contributed by atoms with E-state index >= 15 is 0 Å². The van der Waals surface area contributed by atoms with Crippen LogP contribution < -0.4 is 26.0 Å². The van der Waals surface area contributed by atoms with Gasteiger partial charge in [-0.05, 0) is 68.7 Å². The highest BCUT2D eigenvalue weighted by Crippen LogP contribution is 2.35. The number of benzene rings is 1. The molecular formula is C30H42N6O9S. The van der Waals surface area contributed by atoms with Crippen molar-refractivity contribution in [3.63, 3.8) is 0 Å². The van der Waals surface area contributed by atoms with Crippen molar-refractivity contribution < 1.29 is 42.0 Å². The van der Waals surface area contributed by atoms with Gasteiger partial charge in [0.05, 0.1) is 24.7 Å². The number of nitrogens with one attached hydrogen (secondary N) is 4. The van der Waals surface area contributed by atoms with Gasteiger partial charge in [-0.2, -0.15) is 4.31 Å². The van der Waals surface area contributed by atoms with Crippen LogP contribution in [-0.4, -0.2) is 91.0 Å². The minimum absolute atomic E-state index is 0.0301. The Labute approximate surface area is 267 Å². The summed E-state index contributed by atoms with van der Waals surface area (Å²) in [5.74, 6) is -2.64. The number of hydrogen-bond acceptors (Lipinski definition) is 10. The van der Waals surface area contributed by atoms with Gasteiger partial charge in [0, 0.05) is 19.2 Å². The monoisotopic (exact) mass is 662 g/mol. The molecule has 2 aliphatic rings. The van der Waals surface area contributed by atoms with Crippen molar-refractivity contribution in [1.82, 2.24) is 30.7 Å². The highest BCUT2D eigenvalue weighted by atomic mass is 32.2. The fourth-order valence-corrected chi connectivity index (χ4v) is 7.23. The standard InChI is InChI=1S/C30H42N6O9S/c1-16(2)25-29(40)31-12-13-36(46(42,43)24-11-10-23(44-5)20-8-6-7-9-21(20)24)15-19-14-22(35-45-19)28(39)34-26(18(4)37)30(41)32-17(3)27(38)33-25/h10-11,14,16-18,25-26,37H,6-9,12-13,15H2,1-5H3,(H,31,40)(H,32,41)(H,33,38)(H,34,39)/t17-,18+,25-,26-/m0/s1. The summed E-state index contributed by atoms with van der Waals surface area (Å²) in [5, 5.41) is 24.2. The van der Waals surface area contributed by atoms with Gasteiger partial charge in [-0.3, -0.25) is 19.2 Å². The van der Waals surface area contributed by atoms with Crippen LogP contribution in [0.15, 0.2) is 27.6 Å². The third-order valence-corrected chi connectivity index (χ3v) is 10.1. The third-order valence-electron chi connectivity index (χ3n) is 8.12. The average molecular weight is 663 g/mol. The zero-order chi connectivity index (χ0) is 33.8. The molecule has 0 saturated carbocycles. The molecule has 2 heterocycles. The van der Waals surface area contributed by atoms with Crippen LogP contribution in [0.5, 0.6) is 5.75 Å². The molecule has 1 aliphatic heterocycles. The zero-order valence-electron chi connectivity index (χ0n) is 26.6. The van der Waals surface area contributed by atoms with Crippen LogP contribution in [-0.2, 0) is 43.8 Å². The summed E-state index contributed by atoms with van der Waals surface area (Å²) < 4.78 is 40.5. The van der Waals surface area contributed by atoms with E-state index in [0.717, 1.165) is 22.7 Å². The van der Waals surface area contributed by atoms with Crippen molar-refractivity contribution in [3.8, 4) is 5.75 Å². The topological polar surface area (TPSA) is 209 Å². The molecule has 4 rings (SSSR count). The molecular weight excluding hydrogens is 620 g/mol. The maximum atomic E-state index is 14.3. The molecule has 0 unspecified atom stereocenters. The van der Waals surface area contributed by atoms with E-state index < -0.39 is 57.9 Å². The van der Waals surface area contributed by atoms with Crippen molar-refractivity contribution in [2.75, 3.05) is 20.2 Å². The molecule has 0 saturated heterocycles. The first kappa shape index (κ1) is 34.8. The number of methoxy groups -OCH3 is 1. The van der Waals surface area contributed by atoms with Gasteiger partial charge in [0.25, 0.3) is 5.91 Å². The van der Waals surface area contributed by atoms with Crippen molar-refractivity contribution in [3.05, 3.63) is 40.8 Å². The number of aliphatic hydroxyl groups excluding tert-OH is 1. The number of nitrogens with zero attached hydrogens (tertiary/aromatic N) is 2. The van der Waals surface area contributed by atoms with Crippen LogP contribution in [0, 0.1) is 5.92 Å². The van der Waals surface area contributed by atoms with Crippen LogP contribution in [0.2, 0.25) is 0 Å². The molecule has 46 heavy (non-hydrogen) atoms. The molecule has 0 spiro atoms. The Balaban J connectivity index is 1.73. The molecule has 4 amide bonds. The number of carbonyl (C=O) groups excluding carboxylic acids is 4. The minimum atomic E-state index is -4.19. The Kier molecular flexibility index (Phi) is 11.1. The second-order valence-corrected chi connectivity index (χ2v) is 13.8. The second kappa shape index (κ2) is 14.6. The lowest BCUT2D eigenvalue weighted by Crippen LogP contribution is -2.58. The van der Waals surface area contributed by atoms with E-state index in [-0.39, 0.29) is 41.9 Å². The van der Waals surface area contributed by atoms with E-state index in [1.807, 2.05) is 0 Å². The molecule has 1 aromatic heterocycles. The normalized spacial score (nSPS) is 23.2. The van der Waals surface area contributed by atoms with Crippen molar-refractivity contribution in [1.29, 1.82) is 0 Å². The SMILES string of the molecule is COc1ccc(S(=O)(=O)N2CCNC(=O)[C@H](C(C)C)NC(=O)[C@H](C)NC(=O)[C@H]([C@@H](C)O)NC(=O)c3cc(on3)C2)c2c1CCCC2. The lowest BCUT2D eigenvalue weighted by Gasteiger charge is -2.27. The Hall–Kier alpha value is -4.02. The molecule has 4 atom stereocenters. The molecule has 5 N–H and O–H groups in total. The second-order valence-electron chi connectivity index (χ2n) is 11.9. The molecule has 2 aromatic rings. The molecule has 2 bridgehead atoms. The number of aromatic nitrogens is 1. The van der Waals surface area contributed by atoms with Crippen molar-refractivity contribution in [2.24, 2.45) is 5.92 Å². The fraction of sp³-hybridized carbons (Fsp3) is 0.567. The van der Waals surface area contributed by atoms with Gasteiger partial charge in [0.15, 0.2) is 11.5 Å².